The lowest BCUT2D eigenvalue weighted by atomic mass is 10.0. The molecule has 0 fully saturated rings. The van der Waals surface area contributed by atoms with E-state index in [-0.39, 0.29) is 24.0 Å². The maximum atomic E-state index is 12.6. The molecule has 0 bridgehead atoms. The molecule has 0 saturated carbocycles. The van der Waals surface area contributed by atoms with Gasteiger partial charge in [-0.25, -0.2) is 0 Å². The van der Waals surface area contributed by atoms with E-state index < -0.39 is 12.5 Å². The molecule has 0 aliphatic carbocycles. The number of amides is 1. The minimum Gasteiger partial charge on any atom is -0.434 e. The lowest BCUT2D eigenvalue weighted by molar-refractivity contribution is -0.0500. The van der Waals surface area contributed by atoms with Gasteiger partial charge in [0.05, 0.1) is 5.56 Å². The van der Waals surface area contributed by atoms with Crippen LogP contribution in [0.5, 0.6) is 5.75 Å². The number of nitrogens with one attached hydrogen (secondary N) is 1. The Labute approximate surface area is 133 Å². The van der Waals surface area contributed by atoms with Crippen LogP contribution in [0.1, 0.15) is 30.1 Å². The van der Waals surface area contributed by atoms with Gasteiger partial charge in [-0.2, -0.15) is 8.78 Å². The van der Waals surface area contributed by atoms with Crippen LogP contribution < -0.4 is 10.1 Å². The molecule has 0 aromatic heterocycles. The summed E-state index contributed by atoms with van der Waals surface area (Å²) in [5, 5.41) is 13.2. The average molecular weight is 323 g/mol. The number of rotatable bonds is 7. The van der Waals surface area contributed by atoms with Crippen molar-refractivity contribution in [2.24, 2.45) is 0 Å². The van der Waals surface area contributed by atoms with E-state index >= 15 is 0 Å². The van der Waals surface area contributed by atoms with Crippen LogP contribution >= 0.6 is 0 Å². The third-order valence-corrected chi connectivity index (χ3v) is 3.61. The van der Waals surface area contributed by atoms with Gasteiger partial charge in [0.1, 0.15) is 5.75 Å². The van der Waals surface area contributed by atoms with Gasteiger partial charge in [0.2, 0.25) is 0 Å². The van der Waals surface area contributed by atoms with Crippen molar-refractivity contribution in [2.45, 2.75) is 32.4 Å². The highest BCUT2D eigenvalue weighted by Gasteiger charge is 2.19. The summed E-state index contributed by atoms with van der Waals surface area (Å²) < 4.78 is 29.8. The fraction of sp³-hybridized carbons (Fsp3) is 0.353. The Bertz CT molecular complexity index is 676. The Morgan fingerprint density at radius 2 is 1.91 bits per heavy atom. The molecule has 2 aromatic carbocycles. The quantitative estimate of drug-likeness (QED) is 0.822. The Morgan fingerprint density at radius 3 is 2.48 bits per heavy atom. The molecule has 4 nitrogen and oxygen atoms in total. The Kier molecular flexibility index (Phi) is 5.87. The third-order valence-electron chi connectivity index (χ3n) is 3.61. The van der Waals surface area contributed by atoms with Gasteiger partial charge in [-0.05, 0) is 35.7 Å². The van der Waals surface area contributed by atoms with Crippen LogP contribution in [0.4, 0.5) is 8.78 Å². The topological polar surface area (TPSA) is 58.6 Å². The summed E-state index contributed by atoms with van der Waals surface area (Å²) in [5.41, 5.74) is 0.0559. The van der Waals surface area contributed by atoms with Crippen LogP contribution in [0.25, 0.3) is 10.8 Å². The van der Waals surface area contributed by atoms with Crippen molar-refractivity contribution < 1.29 is 23.4 Å². The van der Waals surface area contributed by atoms with Gasteiger partial charge in [-0.3, -0.25) is 4.79 Å². The Morgan fingerprint density at radius 1 is 1.26 bits per heavy atom. The second-order valence-corrected chi connectivity index (χ2v) is 5.16. The maximum Gasteiger partial charge on any atom is 0.387 e. The van der Waals surface area contributed by atoms with E-state index in [1.807, 2.05) is 6.92 Å². The van der Waals surface area contributed by atoms with Crippen LogP contribution in [0.15, 0.2) is 36.4 Å². The smallest absolute Gasteiger partial charge is 0.387 e. The van der Waals surface area contributed by atoms with E-state index in [1.165, 1.54) is 12.1 Å². The molecule has 6 heteroatoms. The van der Waals surface area contributed by atoms with Crippen molar-refractivity contribution >= 4 is 16.7 Å². The van der Waals surface area contributed by atoms with Crippen molar-refractivity contribution in [3.05, 3.63) is 42.0 Å². The number of aliphatic hydroxyl groups is 1. The van der Waals surface area contributed by atoms with E-state index in [0.717, 1.165) is 5.39 Å². The maximum absolute atomic E-state index is 12.6. The molecule has 1 atom stereocenters. The monoisotopic (exact) mass is 323 g/mol. The molecular weight excluding hydrogens is 304 g/mol. The number of ether oxygens (including phenoxy) is 1. The van der Waals surface area contributed by atoms with E-state index in [4.69, 9.17) is 5.11 Å². The van der Waals surface area contributed by atoms with Gasteiger partial charge in [0, 0.05) is 12.6 Å². The number of fused-ring (bicyclic) bond motifs is 1. The molecule has 1 amide bonds. The fourth-order valence-electron chi connectivity index (χ4n) is 2.39. The zero-order valence-corrected chi connectivity index (χ0v) is 12.8. The van der Waals surface area contributed by atoms with Gasteiger partial charge < -0.3 is 15.2 Å². The molecule has 1 unspecified atom stereocenters. The Balaban J connectivity index is 2.37. The second kappa shape index (κ2) is 7.87. The van der Waals surface area contributed by atoms with E-state index in [2.05, 4.69) is 10.1 Å². The number of carbonyl (C=O) groups excluding carboxylic acids is 1. The van der Waals surface area contributed by atoms with Gasteiger partial charge in [-0.15, -0.1) is 0 Å². The number of hydrogen-bond acceptors (Lipinski definition) is 3. The van der Waals surface area contributed by atoms with Crippen molar-refractivity contribution in [1.82, 2.24) is 5.32 Å². The first-order valence-corrected chi connectivity index (χ1v) is 7.44. The number of benzene rings is 2. The van der Waals surface area contributed by atoms with Crippen LogP contribution in [0.3, 0.4) is 0 Å². The minimum absolute atomic E-state index is 0.0559. The summed E-state index contributed by atoms with van der Waals surface area (Å²) in [6, 6.07) is 9.88. The summed E-state index contributed by atoms with van der Waals surface area (Å²) in [6.07, 6.45) is 1.03. The molecular formula is C17H19F2NO3. The predicted molar refractivity (Wildman–Crippen MR) is 83.8 cm³/mol. The first-order chi connectivity index (χ1) is 11.0. The zero-order chi connectivity index (χ0) is 16.8. The molecule has 0 aliphatic rings. The molecule has 2 aromatic rings. The van der Waals surface area contributed by atoms with Gasteiger partial charge in [0.25, 0.3) is 5.91 Å². The molecule has 23 heavy (non-hydrogen) atoms. The summed E-state index contributed by atoms with van der Waals surface area (Å²) in [6.45, 7) is -1.20. The van der Waals surface area contributed by atoms with Crippen molar-refractivity contribution in [3.63, 3.8) is 0 Å². The standard InChI is InChI=1S/C17H19F2NO3/c1-2-13(7-8-21)20-16(22)14-9-11-5-3-4-6-12(11)10-15(14)23-17(18)19/h3-6,9-10,13,17,21H,2,7-8H2,1H3,(H,20,22). The summed E-state index contributed by atoms with van der Waals surface area (Å²) in [7, 11) is 0. The fourth-order valence-corrected chi connectivity index (χ4v) is 2.39. The molecule has 0 saturated heterocycles. The van der Waals surface area contributed by atoms with Crippen molar-refractivity contribution in [3.8, 4) is 5.75 Å². The van der Waals surface area contributed by atoms with Crippen LogP contribution in [0, 0.1) is 0 Å². The van der Waals surface area contributed by atoms with Gasteiger partial charge in [-0.1, -0.05) is 31.2 Å². The van der Waals surface area contributed by atoms with E-state index in [1.54, 1.807) is 24.3 Å². The largest absolute Gasteiger partial charge is 0.434 e. The minimum atomic E-state index is -3.01. The molecule has 124 valence electrons. The Hall–Kier alpha value is -2.21. The van der Waals surface area contributed by atoms with Crippen molar-refractivity contribution in [2.75, 3.05) is 6.61 Å². The second-order valence-electron chi connectivity index (χ2n) is 5.16. The van der Waals surface area contributed by atoms with Gasteiger partial charge >= 0.3 is 6.61 Å². The third kappa shape index (κ3) is 4.39. The molecule has 0 radical (unpaired) electrons. The number of hydrogen-bond donors (Lipinski definition) is 2. The summed E-state index contributed by atoms with van der Waals surface area (Å²) in [5.74, 6) is -0.651. The molecule has 0 spiro atoms. The lowest BCUT2D eigenvalue weighted by Gasteiger charge is -2.18. The number of carbonyl (C=O) groups is 1. The van der Waals surface area contributed by atoms with E-state index in [0.29, 0.717) is 18.2 Å². The molecule has 0 aliphatic heterocycles. The summed E-state index contributed by atoms with van der Waals surface area (Å²) >= 11 is 0. The van der Waals surface area contributed by atoms with Crippen molar-refractivity contribution in [1.29, 1.82) is 0 Å². The highest BCUT2D eigenvalue weighted by Crippen LogP contribution is 2.27. The van der Waals surface area contributed by atoms with Gasteiger partial charge in [0.15, 0.2) is 0 Å². The molecule has 2 N–H and O–H groups in total. The number of alkyl halides is 2. The predicted octanol–water partition coefficient (Wildman–Crippen LogP) is 3.33. The zero-order valence-electron chi connectivity index (χ0n) is 12.8. The highest BCUT2D eigenvalue weighted by atomic mass is 19.3. The van der Waals surface area contributed by atoms with Crippen LogP contribution in [0.2, 0.25) is 0 Å². The number of aliphatic hydroxyl groups excluding tert-OH is 1. The van der Waals surface area contributed by atoms with Crippen LogP contribution in [-0.2, 0) is 0 Å². The molecule has 2 rings (SSSR count). The SMILES string of the molecule is CCC(CCO)NC(=O)c1cc2ccccc2cc1OC(F)F. The highest BCUT2D eigenvalue weighted by molar-refractivity contribution is 6.01. The molecule has 0 heterocycles. The first-order valence-electron chi connectivity index (χ1n) is 7.44. The van der Waals surface area contributed by atoms with E-state index in [9.17, 15) is 13.6 Å². The van der Waals surface area contributed by atoms with Crippen LogP contribution in [-0.4, -0.2) is 30.3 Å². The number of halogens is 2. The summed E-state index contributed by atoms with van der Waals surface area (Å²) in [4.78, 5) is 12.4. The average Bonchev–Trinajstić information content (AvgIpc) is 2.53. The first kappa shape index (κ1) is 17.1. The lowest BCUT2D eigenvalue weighted by Crippen LogP contribution is -2.35. The normalized spacial score (nSPS) is 12.4.